The summed E-state index contributed by atoms with van der Waals surface area (Å²) in [6, 6.07) is 0. The van der Waals surface area contributed by atoms with Gasteiger partial charge in [0.1, 0.15) is 5.54 Å². The average molecular weight is 189 g/mol. The molecule has 0 rings (SSSR count). The van der Waals surface area contributed by atoms with Gasteiger partial charge in [0.2, 0.25) is 0 Å². The molecule has 0 amide bonds. The van der Waals surface area contributed by atoms with Crippen molar-refractivity contribution in [2.45, 2.75) is 32.7 Å². The molecule has 0 aliphatic heterocycles. The molecule has 0 saturated carbocycles. The lowest BCUT2D eigenvalue weighted by Crippen LogP contribution is -2.47. The Labute approximate surface area is 79.3 Å². The van der Waals surface area contributed by atoms with Crippen molar-refractivity contribution in [2.75, 3.05) is 19.8 Å². The molecule has 4 nitrogen and oxygen atoms in total. The van der Waals surface area contributed by atoms with E-state index in [-0.39, 0.29) is 0 Å². The molecule has 0 saturated heterocycles. The van der Waals surface area contributed by atoms with Crippen molar-refractivity contribution in [3.05, 3.63) is 0 Å². The molecule has 0 aromatic carbocycles. The Balaban J connectivity index is 3.46. The predicted octanol–water partition coefficient (Wildman–Crippen LogP) is 0.866. The highest BCUT2D eigenvalue weighted by molar-refractivity contribution is 5.77. The van der Waals surface area contributed by atoms with Crippen LogP contribution in [-0.4, -0.2) is 36.4 Å². The zero-order valence-electron chi connectivity index (χ0n) is 8.59. The van der Waals surface area contributed by atoms with Crippen LogP contribution in [0.1, 0.15) is 27.2 Å². The summed E-state index contributed by atoms with van der Waals surface area (Å²) in [5.74, 6) is -0.844. The van der Waals surface area contributed by atoms with Gasteiger partial charge in [0.15, 0.2) is 0 Å². The Kier molecular flexibility index (Phi) is 5.66. The van der Waals surface area contributed by atoms with Gasteiger partial charge in [-0.15, -0.1) is 0 Å². The normalized spacial score (nSPS) is 11.6. The number of aliphatic carboxylic acids is 1. The van der Waals surface area contributed by atoms with Gasteiger partial charge in [-0.25, -0.2) is 0 Å². The van der Waals surface area contributed by atoms with E-state index in [1.54, 1.807) is 13.8 Å². The van der Waals surface area contributed by atoms with E-state index in [9.17, 15) is 4.79 Å². The highest BCUT2D eigenvalue weighted by atomic mass is 16.5. The van der Waals surface area contributed by atoms with Gasteiger partial charge in [-0.2, -0.15) is 0 Å². The van der Waals surface area contributed by atoms with E-state index < -0.39 is 11.5 Å². The number of nitrogens with one attached hydrogen (secondary N) is 1. The molecule has 0 bridgehead atoms. The first-order valence-electron chi connectivity index (χ1n) is 4.57. The molecule has 0 fully saturated rings. The first-order chi connectivity index (χ1) is 6.00. The number of carboxylic acids is 1. The van der Waals surface area contributed by atoms with Crippen molar-refractivity contribution in [1.29, 1.82) is 0 Å². The van der Waals surface area contributed by atoms with Gasteiger partial charge < -0.3 is 15.2 Å². The lowest BCUT2D eigenvalue weighted by atomic mass is 10.1. The summed E-state index contributed by atoms with van der Waals surface area (Å²) in [7, 11) is 0. The third-order valence-electron chi connectivity index (χ3n) is 1.70. The summed E-state index contributed by atoms with van der Waals surface area (Å²) in [5.41, 5.74) is -0.866. The molecule has 0 unspecified atom stereocenters. The largest absolute Gasteiger partial charge is 0.480 e. The zero-order chi connectivity index (χ0) is 10.3. The predicted molar refractivity (Wildman–Crippen MR) is 50.8 cm³/mol. The van der Waals surface area contributed by atoms with E-state index in [1.807, 2.05) is 6.92 Å². The number of carboxylic acid groups (broad SMARTS) is 1. The third-order valence-corrected chi connectivity index (χ3v) is 1.70. The topological polar surface area (TPSA) is 58.6 Å². The fourth-order valence-electron chi connectivity index (χ4n) is 0.758. The molecule has 4 heteroatoms. The minimum atomic E-state index is -0.866. The third kappa shape index (κ3) is 5.60. The van der Waals surface area contributed by atoms with Crippen LogP contribution in [0, 0.1) is 0 Å². The Morgan fingerprint density at radius 1 is 1.46 bits per heavy atom. The summed E-state index contributed by atoms with van der Waals surface area (Å²) in [6.45, 7) is 7.16. The molecule has 0 radical (unpaired) electrons. The van der Waals surface area contributed by atoms with E-state index in [0.717, 1.165) is 13.0 Å². The van der Waals surface area contributed by atoms with Crippen LogP contribution >= 0.6 is 0 Å². The molecule has 0 atom stereocenters. The van der Waals surface area contributed by atoms with Crippen LogP contribution in [0.4, 0.5) is 0 Å². The highest BCUT2D eigenvalue weighted by Gasteiger charge is 2.25. The second-order valence-electron chi connectivity index (χ2n) is 3.47. The Hall–Kier alpha value is -0.610. The second-order valence-corrected chi connectivity index (χ2v) is 3.47. The van der Waals surface area contributed by atoms with Gasteiger partial charge >= 0.3 is 5.97 Å². The zero-order valence-corrected chi connectivity index (χ0v) is 8.59. The molecule has 0 heterocycles. The molecule has 0 aliphatic carbocycles. The SMILES string of the molecule is CCCOCCNC(C)(C)C(=O)O. The second kappa shape index (κ2) is 5.94. The molecule has 13 heavy (non-hydrogen) atoms. The first kappa shape index (κ1) is 12.4. The van der Waals surface area contributed by atoms with E-state index in [1.165, 1.54) is 0 Å². The van der Waals surface area contributed by atoms with Crippen LogP contribution < -0.4 is 5.32 Å². The van der Waals surface area contributed by atoms with Crippen molar-refractivity contribution in [3.8, 4) is 0 Å². The van der Waals surface area contributed by atoms with Crippen LogP contribution in [0.15, 0.2) is 0 Å². The molecule has 0 spiro atoms. The maximum Gasteiger partial charge on any atom is 0.323 e. The van der Waals surface area contributed by atoms with E-state index in [0.29, 0.717) is 13.2 Å². The van der Waals surface area contributed by atoms with Gasteiger partial charge in [-0.1, -0.05) is 6.92 Å². The van der Waals surface area contributed by atoms with Crippen LogP contribution in [-0.2, 0) is 9.53 Å². The molecular weight excluding hydrogens is 170 g/mol. The fourth-order valence-corrected chi connectivity index (χ4v) is 0.758. The van der Waals surface area contributed by atoms with Crippen molar-refractivity contribution >= 4 is 5.97 Å². The maximum atomic E-state index is 10.6. The molecular formula is C9H19NO3. The van der Waals surface area contributed by atoms with Crippen molar-refractivity contribution in [3.63, 3.8) is 0 Å². The van der Waals surface area contributed by atoms with Gasteiger partial charge in [-0.3, -0.25) is 4.79 Å². The van der Waals surface area contributed by atoms with E-state index in [2.05, 4.69) is 5.32 Å². The Morgan fingerprint density at radius 3 is 2.54 bits per heavy atom. The van der Waals surface area contributed by atoms with Gasteiger partial charge in [0, 0.05) is 13.2 Å². The fraction of sp³-hybridized carbons (Fsp3) is 0.889. The van der Waals surface area contributed by atoms with Crippen molar-refractivity contribution < 1.29 is 14.6 Å². The van der Waals surface area contributed by atoms with Crippen LogP contribution in [0.3, 0.4) is 0 Å². The number of ether oxygens (including phenoxy) is 1. The summed E-state index contributed by atoms with van der Waals surface area (Å²) in [6.07, 6.45) is 0.988. The number of carbonyl (C=O) groups is 1. The lowest BCUT2D eigenvalue weighted by molar-refractivity contribution is -0.143. The van der Waals surface area contributed by atoms with Gasteiger partial charge in [0.05, 0.1) is 6.61 Å². The van der Waals surface area contributed by atoms with Gasteiger partial charge in [-0.05, 0) is 20.3 Å². The molecule has 78 valence electrons. The minimum Gasteiger partial charge on any atom is -0.480 e. The average Bonchev–Trinajstić information content (AvgIpc) is 2.03. The lowest BCUT2D eigenvalue weighted by Gasteiger charge is -2.20. The van der Waals surface area contributed by atoms with Crippen molar-refractivity contribution in [2.24, 2.45) is 0 Å². The quantitative estimate of drug-likeness (QED) is 0.583. The maximum absolute atomic E-state index is 10.6. The van der Waals surface area contributed by atoms with Crippen LogP contribution in [0.2, 0.25) is 0 Å². The molecule has 0 aliphatic rings. The minimum absolute atomic E-state index is 0.560. The molecule has 2 N–H and O–H groups in total. The summed E-state index contributed by atoms with van der Waals surface area (Å²) < 4.78 is 5.20. The van der Waals surface area contributed by atoms with Crippen molar-refractivity contribution in [1.82, 2.24) is 5.32 Å². The van der Waals surface area contributed by atoms with Gasteiger partial charge in [0.25, 0.3) is 0 Å². The number of rotatable bonds is 7. The number of hydrogen-bond acceptors (Lipinski definition) is 3. The van der Waals surface area contributed by atoms with Crippen LogP contribution in [0.25, 0.3) is 0 Å². The van der Waals surface area contributed by atoms with E-state index in [4.69, 9.17) is 9.84 Å². The summed E-state index contributed by atoms with van der Waals surface area (Å²) >= 11 is 0. The van der Waals surface area contributed by atoms with Crippen LogP contribution in [0.5, 0.6) is 0 Å². The van der Waals surface area contributed by atoms with E-state index >= 15 is 0 Å². The smallest absolute Gasteiger partial charge is 0.323 e. The molecule has 0 aromatic rings. The number of hydrogen-bond donors (Lipinski definition) is 2. The molecule has 0 aromatic heterocycles. The highest BCUT2D eigenvalue weighted by Crippen LogP contribution is 2.00. The monoisotopic (exact) mass is 189 g/mol. The summed E-state index contributed by atoms with van der Waals surface area (Å²) in [4.78, 5) is 10.6. The summed E-state index contributed by atoms with van der Waals surface area (Å²) in [5, 5.41) is 11.6. The Morgan fingerprint density at radius 2 is 2.08 bits per heavy atom. The Bertz CT molecular complexity index is 157. The standard InChI is InChI=1S/C9H19NO3/c1-4-6-13-7-5-10-9(2,3)8(11)12/h10H,4-7H2,1-3H3,(H,11,12). The first-order valence-corrected chi connectivity index (χ1v) is 4.57.